The van der Waals surface area contributed by atoms with Crippen LogP contribution in [0.3, 0.4) is 0 Å². The largest absolute Gasteiger partial charge is 0.394 e. The van der Waals surface area contributed by atoms with Gasteiger partial charge in [-0.25, -0.2) is 4.39 Å². The molecule has 2 saturated heterocycles. The van der Waals surface area contributed by atoms with Crippen LogP contribution in [0.15, 0.2) is 11.9 Å². The van der Waals surface area contributed by atoms with Gasteiger partial charge in [0.25, 0.3) is 0 Å². The van der Waals surface area contributed by atoms with E-state index in [4.69, 9.17) is 14.2 Å². The van der Waals surface area contributed by atoms with Gasteiger partial charge in [-0.15, -0.1) is 0 Å². The van der Waals surface area contributed by atoms with Crippen LogP contribution in [0.2, 0.25) is 0 Å². The molecule has 0 aliphatic carbocycles. The van der Waals surface area contributed by atoms with E-state index < -0.39 is 49.3 Å². The predicted molar refractivity (Wildman–Crippen MR) is 194 cm³/mol. The first-order valence-corrected chi connectivity index (χ1v) is 20.4. The van der Waals surface area contributed by atoms with Crippen LogP contribution in [0, 0.1) is 11.8 Å². The van der Waals surface area contributed by atoms with Crippen molar-refractivity contribution in [2.45, 2.75) is 204 Å². The molecule has 0 aromatic rings. The minimum Gasteiger partial charge on any atom is -0.394 e. The average Bonchev–Trinajstić information content (AvgIpc) is 3.62. The summed E-state index contributed by atoms with van der Waals surface area (Å²) >= 11 is 0. The van der Waals surface area contributed by atoms with Crippen molar-refractivity contribution in [1.82, 2.24) is 0 Å². The zero-order valence-corrected chi connectivity index (χ0v) is 31.0. The summed E-state index contributed by atoms with van der Waals surface area (Å²) in [5.74, 6) is -0.162. The Morgan fingerprint density at radius 1 is 0.755 bits per heavy atom. The van der Waals surface area contributed by atoms with E-state index in [9.17, 15) is 25.5 Å². The summed E-state index contributed by atoms with van der Waals surface area (Å²) < 4.78 is 31.8. The molecule has 2 heterocycles. The Hall–Kier alpha value is -0.650. The zero-order valence-electron chi connectivity index (χ0n) is 31.0. The molecule has 9 heteroatoms. The van der Waals surface area contributed by atoms with E-state index >= 15 is 4.39 Å². The Kier molecular flexibility index (Phi) is 26.2. The normalized spacial score (nSPS) is 26.0. The lowest BCUT2D eigenvalue weighted by atomic mass is 9.95. The molecule has 49 heavy (non-hydrogen) atoms. The van der Waals surface area contributed by atoms with E-state index in [1.54, 1.807) is 0 Å². The molecule has 0 aromatic heterocycles. The fourth-order valence-corrected chi connectivity index (χ4v) is 7.18. The second-order valence-corrected chi connectivity index (χ2v) is 15.0. The zero-order chi connectivity index (χ0) is 35.5. The average molecular weight is 703 g/mol. The Labute approximate surface area is 298 Å². The third-order valence-electron chi connectivity index (χ3n) is 10.6. The first-order valence-electron chi connectivity index (χ1n) is 20.4. The summed E-state index contributed by atoms with van der Waals surface area (Å²) in [6.07, 6.45) is 22.1. The van der Waals surface area contributed by atoms with Crippen molar-refractivity contribution in [2.75, 3.05) is 26.4 Å². The van der Waals surface area contributed by atoms with Crippen molar-refractivity contribution in [3.8, 4) is 0 Å². The fourth-order valence-electron chi connectivity index (χ4n) is 7.18. The molecule has 2 rings (SSSR count). The Morgan fingerprint density at radius 3 is 1.86 bits per heavy atom. The molecule has 8 atom stereocenters. The highest BCUT2D eigenvalue weighted by Crippen LogP contribution is 2.26. The molecule has 2 aliphatic rings. The van der Waals surface area contributed by atoms with E-state index in [0.717, 1.165) is 57.7 Å². The fraction of sp³-hybridized carbons (Fsp3) is 0.950. The van der Waals surface area contributed by atoms with Crippen molar-refractivity contribution < 1.29 is 44.1 Å². The first-order chi connectivity index (χ1) is 23.9. The third-order valence-corrected chi connectivity index (χ3v) is 10.6. The maximum Gasteiger partial charge on any atom is 0.186 e. The van der Waals surface area contributed by atoms with Gasteiger partial charge in [-0.2, -0.15) is 0 Å². The van der Waals surface area contributed by atoms with E-state index in [2.05, 4.69) is 6.92 Å². The van der Waals surface area contributed by atoms with Gasteiger partial charge in [0.2, 0.25) is 0 Å². The molecular formula is C40H75FO8. The third kappa shape index (κ3) is 20.2. The number of allylic oxidation sites excluding steroid dienone is 1. The lowest BCUT2D eigenvalue weighted by Gasteiger charge is -2.40. The van der Waals surface area contributed by atoms with E-state index in [1.807, 2.05) is 0 Å². The van der Waals surface area contributed by atoms with Crippen molar-refractivity contribution in [1.29, 1.82) is 0 Å². The molecule has 0 spiro atoms. The number of unbranched alkanes of at least 4 members (excludes halogenated alkanes) is 19. The van der Waals surface area contributed by atoms with Gasteiger partial charge in [0, 0.05) is 19.1 Å². The van der Waals surface area contributed by atoms with Crippen LogP contribution in [0.4, 0.5) is 4.39 Å². The van der Waals surface area contributed by atoms with E-state index in [1.165, 1.54) is 115 Å². The predicted octanol–water partition coefficient (Wildman–Crippen LogP) is 8.05. The van der Waals surface area contributed by atoms with E-state index in [-0.39, 0.29) is 12.4 Å². The van der Waals surface area contributed by atoms with Gasteiger partial charge in [-0.3, -0.25) is 0 Å². The van der Waals surface area contributed by atoms with E-state index in [0.29, 0.717) is 12.8 Å². The van der Waals surface area contributed by atoms with Gasteiger partial charge in [-0.05, 0) is 44.1 Å². The highest BCUT2D eigenvalue weighted by Gasteiger charge is 2.44. The molecule has 2 fully saturated rings. The van der Waals surface area contributed by atoms with Crippen LogP contribution in [0.1, 0.15) is 167 Å². The van der Waals surface area contributed by atoms with Crippen molar-refractivity contribution in [3.63, 3.8) is 0 Å². The van der Waals surface area contributed by atoms with Gasteiger partial charge in [0.05, 0.1) is 25.1 Å². The molecule has 0 radical (unpaired) electrons. The van der Waals surface area contributed by atoms with Crippen LogP contribution in [0.5, 0.6) is 0 Å². The number of ether oxygens (including phenoxy) is 3. The maximum absolute atomic E-state index is 15.1. The summed E-state index contributed by atoms with van der Waals surface area (Å²) in [7, 11) is 0. The van der Waals surface area contributed by atoms with Crippen LogP contribution >= 0.6 is 0 Å². The van der Waals surface area contributed by atoms with Gasteiger partial charge in [0.15, 0.2) is 6.29 Å². The SMILES string of the molecule is CCCCCCCCCCCCCCCC(O)C(/C=C(/F)CCCCCCCCCCC1CCOC1)COC1OC(CO)C(O)C(O)C1O. The summed E-state index contributed by atoms with van der Waals surface area (Å²) in [6.45, 7) is 3.44. The summed E-state index contributed by atoms with van der Waals surface area (Å²) in [5, 5.41) is 51.2. The van der Waals surface area contributed by atoms with Crippen molar-refractivity contribution >= 4 is 0 Å². The van der Waals surface area contributed by atoms with Crippen LogP contribution in [-0.2, 0) is 14.2 Å². The van der Waals surface area contributed by atoms with Crippen molar-refractivity contribution in [2.24, 2.45) is 11.8 Å². The standard InChI is InChI=1S/C40H75FO8/c1-2-3-4-5-6-7-8-9-10-11-16-19-22-25-35(43)33(31-48-40-39(46)38(45)37(44)36(29-42)49-40)28-34(41)24-21-18-15-13-12-14-17-20-23-32-26-27-47-30-32/h28,32-33,35-40,42-46H,2-27,29-31H2,1H3/b34-28+. The molecule has 5 N–H and O–H groups in total. The second-order valence-electron chi connectivity index (χ2n) is 15.0. The molecular weight excluding hydrogens is 627 g/mol. The summed E-state index contributed by atoms with van der Waals surface area (Å²) in [6, 6.07) is 0. The number of hydrogen-bond donors (Lipinski definition) is 5. The Balaban J connectivity index is 1.70. The minimum atomic E-state index is -1.55. The van der Waals surface area contributed by atoms with Gasteiger partial charge < -0.3 is 39.7 Å². The molecule has 2 aliphatic heterocycles. The summed E-state index contributed by atoms with van der Waals surface area (Å²) in [5.41, 5.74) is 0. The molecule has 0 bridgehead atoms. The molecule has 0 aromatic carbocycles. The topological polar surface area (TPSA) is 129 Å². The second kappa shape index (κ2) is 28.9. The van der Waals surface area contributed by atoms with Crippen LogP contribution in [-0.4, -0.2) is 88.8 Å². The molecule has 0 saturated carbocycles. The lowest BCUT2D eigenvalue weighted by Crippen LogP contribution is -2.59. The minimum absolute atomic E-state index is 0.122. The highest BCUT2D eigenvalue weighted by molar-refractivity contribution is 4.99. The molecule has 8 unspecified atom stereocenters. The number of hydrogen-bond acceptors (Lipinski definition) is 8. The van der Waals surface area contributed by atoms with Gasteiger partial charge in [-0.1, -0.05) is 135 Å². The molecule has 0 amide bonds. The van der Waals surface area contributed by atoms with Gasteiger partial charge >= 0.3 is 0 Å². The van der Waals surface area contributed by atoms with Crippen molar-refractivity contribution in [3.05, 3.63) is 11.9 Å². The number of aliphatic hydroxyl groups is 5. The monoisotopic (exact) mass is 703 g/mol. The Morgan fingerprint density at radius 2 is 1.31 bits per heavy atom. The molecule has 8 nitrogen and oxygen atoms in total. The Bertz CT molecular complexity index is 792. The molecule has 290 valence electrons. The first kappa shape index (κ1) is 44.5. The van der Waals surface area contributed by atoms with Gasteiger partial charge in [0.1, 0.15) is 24.4 Å². The quantitative estimate of drug-likeness (QED) is 0.0459. The number of halogens is 1. The van der Waals surface area contributed by atoms with Crippen LogP contribution in [0.25, 0.3) is 0 Å². The highest BCUT2D eigenvalue weighted by atomic mass is 19.1. The number of rotatable bonds is 31. The lowest BCUT2D eigenvalue weighted by molar-refractivity contribution is -0.303. The smallest absolute Gasteiger partial charge is 0.186 e. The van der Waals surface area contributed by atoms with Crippen LogP contribution < -0.4 is 0 Å². The maximum atomic E-state index is 15.1. The number of aliphatic hydroxyl groups excluding tert-OH is 5. The summed E-state index contributed by atoms with van der Waals surface area (Å²) in [4.78, 5) is 0.